The van der Waals surface area contributed by atoms with Gasteiger partial charge in [0.25, 0.3) is 0 Å². The van der Waals surface area contributed by atoms with E-state index >= 15 is 0 Å². The topological polar surface area (TPSA) is 53.2 Å². The minimum Gasteiger partial charge on any atom is -0.338 e. The molecular formula is C15H25N3O. The smallest absolute Gasteiger partial charge is 0.319 e. The SMILES string of the molecule is CCCCNC(=O)Nc1cccc(CNC(C)C)c1. The molecule has 1 aromatic rings. The maximum absolute atomic E-state index is 11.6. The summed E-state index contributed by atoms with van der Waals surface area (Å²) in [5, 5.41) is 9.04. The predicted octanol–water partition coefficient (Wildman–Crippen LogP) is 3.11. The Morgan fingerprint density at radius 1 is 1.32 bits per heavy atom. The summed E-state index contributed by atoms with van der Waals surface area (Å²) in [5.41, 5.74) is 2.00. The van der Waals surface area contributed by atoms with Gasteiger partial charge in [0.1, 0.15) is 0 Å². The zero-order valence-corrected chi connectivity index (χ0v) is 12.1. The van der Waals surface area contributed by atoms with E-state index in [0.29, 0.717) is 6.04 Å². The molecule has 106 valence electrons. The van der Waals surface area contributed by atoms with Crippen molar-refractivity contribution in [2.45, 2.75) is 46.2 Å². The minimum atomic E-state index is -0.137. The van der Waals surface area contributed by atoms with Crippen LogP contribution in [0.25, 0.3) is 0 Å². The van der Waals surface area contributed by atoms with Crippen molar-refractivity contribution in [2.24, 2.45) is 0 Å². The van der Waals surface area contributed by atoms with Crippen molar-refractivity contribution in [2.75, 3.05) is 11.9 Å². The number of urea groups is 1. The lowest BCUT2D eigenvalue weighted by Gasteiger charge is -2.11. The van der Waals surface area contributed by atoms with Gasteiger partial charge in [0.15, 0.2) is 0 Å². The molecule has 0 spiro atoms. The van der Waals surface area contributed by atoms with E-state index in [4.69, 9.17) is 0 Å². The van der Waals surface area contributed by atoms with Crippen LogP contribution < -0.4 is 16.0 Å². The maximum Gasteiger partial charge on any atom is 0.319 e. The number of rotatable bonds is 7. The van der Waals surface area contributed by atoms with Gasteiger partial charge in [-0.1, -0.05) is 39.3 Å². The highest BCUT2D eigenvalue weighted by molar-refractivity contribution is 5.89. The highest BCUT2D eigenvalue weighted by Gasteiger charge is 2.02. The fraction of sp³-hybridized carbons (Fsp3) is 0.533. The average Bonchev–Trinajstić information content (AvgIpc) is 2.37. The van der Waals surface area contributed by atoms with Crippen LogP contribution in [0.2, 0.25) is 0 Å². The fourth-order valence-corrected chi connectivity index (χ4v) is 1.64. The summed E-state index contributed by atoms with van der Waals surface area (Å²) in [6.07, 6.45) is 2.09. The van der Waals surface area contributed by atoms with Gasteiger partial charge in [-0.3, -0.25) is 0 Å². The molecule has 0 heterocycles. The normalized spacial score (nSPS) is 10.5. The molecule has 0 aromatic heterocycles. The first-order valence-electron chi connectivity index (χ1n) is 6.99. The van der Waals surface area contributed by atoms with Crippen molar-refractivity contribution in [3.05, 3.63) is 29.8 Å². The Labute approximate surface area is 116 Å². The molecule has 4 nitrogen and oxygen atoms in total. The van der Waals surface area contributed by atoms with Gasteiger partial charge < -0.3 is 16.0 Å². The van der Waals surface area contributed by atoms with Gasteiger partial charge in [-0.2, -0.15) is 0 Å². The summed E-state index contributed by atoms with van der Waals surface area (Å²) in [7, 11) is 0. The van der Waals surface area contributed by atoms with E-state index in [2.05, 4.69) is 42.8 Å². The number of hydrogen-bond donors (Lipinski definition) is 3. The molecule has 0 aliphatic carbocycles. The molecule has 0 unspecified atom stereocenters. The van der Waals surface area contributed by atoms with Crippen LogP contribution in [0.1, 0.15) is 39.2 Å². The molecule has 0 saturated carbocycles. The van der Waals surface area contributed by atoms with E-state index in [1.165, 1.54) is 5.56 Å². The van der Waals surface area contributed by atoms with E-state index in [0.717, 1.165) is 31.6 Å². The number of nitrogens with one attached hydrogen (secondary N) is 3. The van der Waals surface area contributed by atoms with Crippen LogP contribution in [0.15, 0.2) is 24.3 Å². The Bertz CT molecular complexity index is 391. The van der Waals surface area contributed by atoms with E-state index < -0.39 is 0 Å². The lowest BCUT2D eigenvalue weighted by molar-refractivity contribution is 0.252. The summed E-state index contributed by atoms with van der Waals surface area (Å²) in [6, 6.07) is 8.22. The second kappa shape index (κ2) is 8.53. The predicted molar refractivity (Wildman–Crippen MR) is 80.3 cm³/mol. The van der Waals surface area contributed by atoms with Crippen LogP contribution in [0, 0.1) is 0 Å². The second-order valence-electron chi connectivity index (χ2n) is 4.97. The first-order chi connectivity index (χ1) is 9.11. The van der Waals surface area contributed by atoms with Gasteiger partial charge >= 0.3 is 6.03 Å². The van der Waals surface area contributed by atoms with Crippen LogP contribution in [0.5, 0.6) is 0 Å². The van der Waals surface area contributed by atoms with E-state index in [9.17, 15) is 4.79 Å². The molecule has 2 amide bonds. The van der Waals surface area contributed by atoms with E-state index in [1.54, 1.807) is 0 Å². The third-order valence-electron chi connectivity index (χ3n) is 2.72. The van der Waals surface area contributed by atoms with Gasteiger partial charge in [-0.25, -0.2) is 4.79 Å². The van der Waals surface area contributed by atoms with Gasteiger partial charge in [0.2, 0.25) is 0 Å². The van der Waals surface area contributed by atoms with E-state index in [-0.39, 0.29) is 6.03 Å². The van der Waals surface area contributed by atoms with Crippen LogP contribution in [-0.4, -0.2) is 18.6 Å². The van der Waals surface area contributed by atoms with Gasteiger partial charge in [-0.15, -0.1) is 0 Å². The Morgan fingerprint density at radius 3 is 2.79 bits per heavy atom. The number of amides is 2. The van der Waals surface area contributed by atoms with Crippen LogP contribution in [0.4, 0.5) is 10.5 Å². The molecule has 0 aliphatic heterocycles. The average molecular weight is 263 g/mol. The van der Waals surface area contributed by atoms with Crippen molar-refractivity contribution in [3.63, 3.8) is 0 Å². The number of hydrogen-bond acceptors (Lipinski definition) is 2. The largest absolute Gasteiger partial charge is 0.338 e. The molecule has 0 saturated heterocycles. The third-order valence-corrected chi connectivity index (χ3v) is 2.72. The Hall–Kier alpha value is -1.55. The van der Waals surface area contributed by atoms with Crippen molar-refractivity contribution < 1.29 is 4.79 Å². The molecule has 1 aromatic carbocycles. The molecule has 1 rings (SSSR count). The van der Waals surface area contributed by atoms with Crippen LogP contribution >= 0.6 is 0 Å². The molecule has 0 fully saturated rings. The number of anilines is 1. The Morgan fingerprint density at radius 2 is 2.11 bits per heavy atom. The second-order valence-corrected chi connectivity index (χ2v) is 4.97. The summed E-state index contributed by atoms with van der Waals surface area (Å²) in [4.78, 5) is 11.6. The van der Waals surface area contributed by atoms with E-state index in [1.807, 2.05) is 18.2 Å². The Kier molecular flexibility index (Phi) is 6.97. The summed E-state index contributed by atoms with van der Waals surface area (Å²) >= 11 is 0. The number of unbranched alkanes of at least 4 members (excludes halogenated alkanes) is 1. The molecule has 3 N–H and O–H groups in total. The highest BCUT2D eigenvalue weighted by atomic mass is 16.2. The zero-order valence-electron chi connectivity index (χ0n) is 12.1. The summed E-state index contributed by atoms with van der Waals surface area (Å²) in [6.45, 7) is 7.86. The van der Waals surface area contributed by atoms with Crippen molar-refractivity contribution in [3.8, 4) is 0 Å². The molecule has 0 bridgehead atoms. The molecule has 0 aliphatic rings. The van der Waals surface area contributed by atoms with Gasteiger partial charge in [-0.05, 0) is 24.1 Å². The molecular weight excluding hydrogens is 238 g/mol. The highest BCUT2D eigenvalue weighted by Crippen LogP contribution is 2.10. The first kappa shape index (κ1) is 15.5. The number of carbonyl (C=O) groups is 1. The van der Waals surface area contributed by atoms with Gasteiger partial charge in [0, 0.05) is 24.8 Å². The quantitative estimate of drug-likeness (QED) is 0.662. The monoisotopic (exact) mass is 263 g/mol. The van der Waals surface area contributed by atoms with Crippen molar-refractivity contribution in [1.29, 1.82) is 0 Å². The maximum atomic E-state index is 11.6. The Balaban J connectivity index is 2.45. The molecule has 0 radical (unpaired) electrons. The molecule has 19 heavy (non-hydrogen) atoms. The number of benzene rings is 1. The lowest BCUT2D eigenvalue weighted by Crippen LogP contribution is -2.29. The first-order valence-corrected chi connectivity index (χ1v) is 6.99. The minimum absolute atomic E-state index is 0.137. The third kappa shape index (κ3) is 6.82. The van der Waals surface area contributed by atoms with Gasteiger partial charge in [0.05, 0.1) is 0 Å². The molecule has 0 atom stereocenters. The van der Waals surface area contributed by atoms with Crippen molar-refractivity contribution >= 4 is 11.7 Å². The van der Waals surface area contributed by atoms with Crippen LogP contribution in [-0.2, 0) is 6.54 Å². The fourth-order valence-electron chi connectivity index (χ4n) is 1.64. The lowest BCUT2D eigenvalue weighted by atomic mass is 10.2. The van der Waals surface area contributed by atoms with Crippen molar-refractivity contribution in [1.82, 2.24) is 10.6 Å². The summed E-state index contributed by atoms with van der Waals surface area (Å²) < 4.78 is 0. The van der Waals surface area contributed by atoms with Crippen LogP contribution in [0.3, 0.4) is 0 Å². The zero-order chi connectivity index (χ0) is 14.1. The number of carbonyl (C=O) groups excluding carboxylic acids is 1. The molecule has 4 heteroatoms. The standard InChI is InChI=1S/C15H25N3O/c1-4-5-9-16-15(19)18-14-8-6-7-13(10-14)11-17-12(2)3/h6-8,10,12,17H,4-5,9,11H2,1-3H3,(H2,16,18,19). The summed E-state index contributed by atoms with van der Waals surface area (Å²) in [5.74, 6) is 0.